The Morgan fingerprint density at radius 2 is 1.22 bits per heavy atom. The van der Waals surface area contributed by atoms with Crippen LogP contribution < -0.4 is 0 Å². The van der Waals surface area contributed by atoms with Gasteiger partial charge in [0.2, 0.25) is 0 Å². The number of rotatable bonds is 9. The van der Waals surface area contributed by atoms with E-state index >= 15 is 0 Å². The van der Waals surface area contributed by atoms with Gasteiger partial charge in [0.15, 0.2) is 0 Å². The average molecular weight is 377 g/mol. The van der Waals surface area contributed by atoms with E-state index in [9.17, 15) is 0 Å². The van der Waals surface area contributed by atoms with Gasteiger partial charge in [-0.2, -0.15) is 0 Å². The summed E-state index contributed by atoms with van der Waals surface area (Å²) in [7, 11) is 0. The average Bonchev–Trinajstić information content (AvgIpc) is 2.73. The number of unbranched alkanes of at least 4 members (excludes halogenated alkanes) is 2. The summed E-state index contributed by atoms with van der Waals surface area (Å²) in [4.78, 5) is 0. The molecule has 0 unspecified atom stereocenters. The molecule has 0 saturated heterocycles. The highest BCUT2D eigenvalue weighted by molar-refractivity contribution is 4.86. The second-order valence-electron chi connectivity index (χ2n) is 10.4. The molecule has 1 heteroatoms. The SMILES string of the molecule is CCCCO[C@@H]1CCC[C@H](C2CCC([C@H]3CC[C@H](CCCC)CC3)CC2)C1. The summed E-state index contributed by atoms with van der Waals surface area (Å²) in [6.45, 7) is 5.61. The summed E-state index contributed by atoms with van der Waals surface area (Å²) in [5.74, 6) is 5.24. The molecular formula is C26H48O. The zero-order valence-corrected chi connectivity index (χ0v) is 18.6. The molecule has 3 aliphatic rings. The van der Waals surface area contributed by atoms with E-state index in [1.54, 1.807) is 38.5 Å². The Morgan fingerprint density at radius 1 is 0.630 bits per heavy atom. The monoisotopic (exact) mass is 376 g/mol. The molecule has 1 nitrogen and oxygen atoms in total. The lowest BCUT2D eigenvalue weighted by Gasteiger charge is -2.41. The lowest BCUT2D eigenvalue weighted by atomic mass is 9.65. The molecule has 3 fully saturated rings. The minimum Gasteiger partial charge on any atom is -0.378 e. The quantitative estimate of drug-likeness (QED) is 0.369. The van der Waals surface area contributed by atoms with Crippen molar-refractivity contribution in [2.75, 3.05) is 6.61 Å². The Balaban J connectivity index is 1.35. The first-order chi connectivity index (χ1) is 13.3. The summed E-state index contributed by atoms with van der Waals surface area (Å²) in [5, 5.41) is 0. The molecule has 0 heterocycles. The summed E-state index contributed by atoms with van der Waals surface area (Å²) in [6, 6.07) is 0. The van der Waals surface area contributed by atoms with Gasteiger partial charge in [0, 0.05) is 6.61 Å². The fraction of sp³-hybridized carbons (Fsp3) is 1.00. The van der Waals surface area contributed by atoms with Crippen molar-refractivity contribution < 1.29 is 4.74 Å². The van der Waals surface area contributed by atoms with Crippen molar-refractivity contribution in [3.63, 3.8) is 0 Å². The molecule has 158 valence electrons. The molecule has 0 bridgehead atoms. The van der Waals surface area contributed by atoms with E-state index in [1.165, 1.54) is 70.6 Å². The summed E-state index contributed by atoms with van der Waals surface area (Å²) < 4.78 is 6.20. The zero-order valence-electron chi connectivity index (χ0n) is 18.6. The van der Waals surface area contributed by atoms with Gasteiger partial charge < -0.3 is 4.74 Å². The van der Waals surface area contributed by atoms with Crippen molar-refractivity contribution in [3.05, 3.63) is 0 Å². The predicted octanol–water partition coefficient (Wildman–Crippen LogP) is 8.16. The Bertz CT molecular complexity index is 376. The van der Waals surface area contributed by atoms with Gasteiger partial charge in [0.25, 0.3) is 0 Å². The van der Waals surface area contributed by atoms with Crippen LogP contribution in [-0.2, 0) is 4.74 Å². The first-order valence-corrected chi connectivity index (χ1v) is 12.9. The highest BCUT2D eigenvalue weighted by atomic mass is 16.5. The Hall–Kier alpha value is -0.0400. The van der Waals surface area contributed by atoms with Gasteiger partial charge >= 0.3 is 0 Å². The summed E-state index contributed by atoms with van der Waals surface area (Å²) in [6.07, 6.45) is 25.4. The molecule has 0 spiro atoms. The molecule has 2 atom stereocenters. The predicted molar refractivity (Wildman–Crippen MR) is 117 cm³/mol. The molecule has 0 aliphatic heterocycles. The molecular weight excluding hydrogens is 328 g/mol. The molecule has 27 heavy (non-hydrogen) atoms. The smallest absolute Gasteiger partial charge is 0.0577 e. The molecule has 3 rings (SSSR count). The van der Waals surface area contributed by atoms with Crippen LogP contribution in [0, 0.1) is 29.6 Å². The number of hydrogen-bond acceptors (Lipinski definition) is 1. The third-order valence-corrected chi connectivity index (χ3v) is 8.53. The van der Waals surface area contributed by atoms with Crippen LogP contribution >= 0.6 is 0 Å². The van der Waals surface area contributed by atoms with Crippen LogP contribution in [0.25, 0.3) is 0 Å². The van der Waals surface area contributed by atoms with Crippen molar-refractivity contribution in [1.29, 1.82) is 0 Å². The van der Waals surface area contributed by atoms with E-state index in [4.69, 9.17) is 4.74 Å². The van der Waals surface area contributed by atoms with Crippen molar-refractivity contribution >= 4 is 0 Å². The van der Waals surface area contributed by atoms with Gasteiger partial charge in [-0.1, -0.05) is 58.8 Å². The number of ether oxygens (including phenoxy) is 1. The fourth-order valence-corrected chi connectivity index (χ4v) is 6.68. The van der Waals surface area contributed by atoms with Crippen LogP contribution in [0.4, 0.5) is 0 Å². The standard InChI is InChI=1S/C26H48O/c1-3-5-8-21-11-13-22(14-12-21)23-15-17-24(18-16-23)25-9-7-10-26(20-25)27-19-6-4-2/h21-26H,3-20H2,1-2H3/t21-,22-,23?,24?,25-,26+/m0/s1. The van der Waals surface area contributed by atoms with Gasteiger partial charge in [-0.25, -0.2) is 0 Å². The van der Waals surface area contributed by atoms with Crippen LogP contribution in [0.2, 0.25) is 0 Å². The largest absolute Gasteiger partial charge is 0.378 e. The van der Waals surface area contributed by atoms with Crippen molar-refractivity contribution in [3.8, 4) is 0 Å². The van der Waals surface area contributed by atoms with Crippen molar-refractivity contribution in [2.24, 2.45) is 29.6 Å². The van der Waals surface area contributed by atoms with Gasteiger partial charge in [0.1, 0.15) is 0 Å². The Labute approximate surface area is 170 Å². The maximum atomic E-state index is 6.20. The van der Waals surface area contributed by atoms with Gasteiger partial charge in [-0.3, -0.25) is 0 Å². The molecule has 3 saturated carbocycles. The molecule has 0 aromatic heterocycles. The summed E-state index contributed by atoms with van der Waals surface area (Å²) >= 11 is 0. The van der Waals surface area contributed by atoms with Crippen LogP contribution in [0.1, 0.15) is 123 Å². The first-order valence-electron chi connectivity index (χ1n) is 12.9. The lowest BCUT2D eigenvalue weighted by Crippen LogP contribution is -2.32. The topological polar surface area (TPSA) is 9.23 Å². The molecule has 0 radical (unpaired) electrons. The highest BCUT2D eigenvalue weighted by Gasteiger charge is 2.35. The third kappa shape index (κ3) is 6.76. The number of hydrogen-bond donors (Lipinski definition) is 0. The van der Waals surface area contributed by atoms with Crippen LogP contribution in [0.5, 0.6) is 0 Å². The van der Waals surface area contributed by atoms with Gasteiger partial charge in [-0.15, -0.1) is 0 Å². The maximum Gasteiger partial charge on any atom is 0.0577 e. The Morgan fingerprint density at radius 3 is 1.85 bits per heavy atom. The van der Waals surface area contributed by atoms with Gasteiger partial charge in [-0.05, 0) is 93.8 Å². The first kappa shape index (κ1) is 21.7. The van der Waals surface area contributed by atoms with Gasteiger partial charge in [0.05, 0.1) is 6.10 Å². The van der Waals surface area contributed by atoms with Crippen molar-refractivity contribution in [1.82, 2.24) is 0 Å². The molecule has 0 N–H and O–H groups in total. The van der Waals surface area contributed by atoms with E-state index in [2.05, 4.69) is 13.8 Å². The molecule has 3 aliphatic carbocycles. The van der Waals surface area contributed by atoms with E-state index in [0.717, 1.165) is 36.2 Å². The highest BCUT2D eigenvalue weighted by Crippen LogP contribution is 2.46. The summed E-state index contributed by atoms with van der Waals surface area (Å²) in [5.41, 5.74) is 0. The zero-order chi connectivity index (χ0) is 18.9. The van der Waals surface area contributed by atoms with E-state index in [0.29, 0.717) is 6.10 Å². The molecule has 0 aromatic rings. The normalized spacial score (nSPS) is 38.0. The third-order valence-electron chi connectivity index (χ3n) is 8.53. The molecule has 0 aromatic carbocycles. The fourth-order valence-electron chi connectivity index (χ4n) is 6.68. The molecule has 0 amide bonds. The van der Waals surface area contributed by atoms with E-state index in [1.807, 2.05) is 0 Å². The van der Waals surface area contributed by atoms with Crippen LogP contribution in [0.15, 0.2) is 0 Å². The second-order valence-corrected chi connectivity index (χ2v) is 10.4. The second kappa shape index (κ2) is 11.8. The lowest BCUT2D eigenvalue weighted by molar-refractivity contribution is -0.00500. The minimum absolute atomic E-state index is 0.589. The van der Waals surface area contributed by atoms with Crippen molar-refractivity contribution in [2.45, 2.75) is 129 Å². The van der Waals surface area contributed by atoms with Crippen LogP contribution in [-0.4, -0.2) is 12.7 Å². The Kier molecular flexibility index (Phi) is 9.50. The van der Waals surface area contributed by atoms with Crippen LogP contribution in [0.3, 0.4) is 0 Å². The van der Waals surface area contributed by atoms with E-state index in [-0.39, 0.29) is 0 Å². The maximum absolute atomic E-state index is 6.20. The van der Waals surface area contributed by atoms with E-state index < -0.39 is 0 Å². The minimum atomic E-state index is 0.589.